The maximum Gasteiger partial charge on any atom is 0.123 e. The van der Waals surface area contributed by atoms with Gasteiger partial charge >= 0.3 is 0 Å². The van der Waals surface area contributed by atoms with Gasteiger partial charge in [0.25, 0.3) is 0 Å². The maximum atomic E-state index is 13.2. The zero-order valence-electron chi connectivity index (χ0n) is 11.0. The van der Waals surface area contributed by atoms with E-state index >= 15 is 0 Å². The number of nitrogens with zero attached hydrogens (tertiary/aromatic N) is 2. The molecule has 3 rings (SSSR count). The zero-order chi connectivity index (χ0) is 12.5. The minimum Gasteiger partial charge on any atom is -0.298 e. The Hall–Kier alpha value is -0.930. The molecule has 0 amide bonds. The number of piperazine rings is 1. The highest BCUT2D eigenvalue weighted by molar-refractivity contribution is 5.16. The molecule has 2 saturated heterocycles. The molecule has 0 bridgehead atoms. The van der Waals surface area contributed by atoms with Crippen molar-refractivity contribution in [3.05, 3.63) is 35.6 Å². The third-order valence-electron chi connectivity index (χ3n) is 4.34. The summed E-state index contributed by atoms with van der Waals surface area (Å²) in [5, 5.41) is 0. The quantitative estimate of drug-likeness (QED) is 0.793. The lowest BCUT2D eigenvalue weighted by Gasteiger charge is -2.42. The predicted molar refractivity (Wildman–Crippen MR) is 70.9 cm³/mol. The average molecular weight is 248 g/mol. The van der Waals surface area contributed by atoms with E-state index in [4.69, 9.17) is 0 Å². The van der Waals surface area contributed by atoms with Gasteiger partial charge in [-0.1, -0.05) is 12.1 Å². The number of benzene rings is 1. The molecular formula is C15H21FN2. The van der Waals surface area contributed by atoms with Crippen molar-refractivity contribution in [3.8, 4) is 0 Å². The van der Waals surface area contributed by atoms with Crippen molar-refractivity contribution in [2.75, 3.05) is 19.6 Å². The molecule has 0 aliphatic carbocycles. The Balaban J connectivity index is 1.68. The Bertz CT molecular complexity index is 421. The highest BCUT2D eigenvalue weighted by atomic mass is 19.1. The Morgan fingerprint density at radius 3 is 3.06 bits per heavy atom. The normalized spacial score (nSPS) is 29.4. The standard InChI is InChI=1S/C15H21FN2/c1-12-9-17-7-3-6-15(17)11-18(12)10-13-4-2-5-14(16)8-13/h2,4-5,8,12,15H,3,6-7,9-11H2,1H3/t12-,15-/m0/s1. The lowest BCUT2D eigenvalue weighted by Crippen LogP contribution is -2.54. The minimum absolute atomic E-state index is 0.125. The van der Waals surface area contributed by atoms with Crippen LogP contribution >= 0.6 is 0 Å². The lowest BCUT2D eigenvalue weighted by molar-refractivity contribution is 0.0540. The van der Waals surface area contributed by atoms with Crippen LogP contribution in [0.25, 0.3) is 0 Å². The molecule has 98 valence electrons. The summed E-state index contributed by atoms with van der Waals surface area (Å²) in [5.41, 5.74) is 1.09. The van der Waals surface area contributed by atoms with Crippen molar-refractivity contribution in [2.24, 2.45) is 0 Å². The van der Waals surface area contributed by atoms with Crippen molar-refractivity contribution < 1.29 is 4.39 Å². The van der Waals surface area contributed by atoms with Crippen LogP contribution < -0.4 is 0 Å². The largest absolute Gasteiger partial charge is 0.298 e. The lowest BCUT2D eigenvalue weighted by atomic mass is 10.1. The van der Waals surface area contributed by atoms with E-state index in [-0.39, 0.29) is 5.82 Å². The van der Waals surface area contributed by atoms with Gasteiger partial charge in [-0.05, 0) is 44.0 Å². The van der Waals surface area contributed by atoms with E-state index in [1.165, 1.54) is 32.0 Å². The SMILES string of the molecule is C[C@H]1CN2CCC[C@H]2CN1Cc1cccc(F)c1. The van der Waals surface area contributed by atoms with E-state index in [1.54, 1.807) is 12.1 Å². The average Bonchev–Trinajstić information content (AvgIpc) is 2.76. The van der Waals surface area contributed by atoms with Gasteiger partial charge < -0.3 is 0 Å². The van der Waals surface area contributed by atoms with Gasteiger partial charge in [0.1, 0.15) is 5.82 Å². The molecule has 3 heteroatoms. The van der Waals surface area contributed by atoms with E-state index in [2.05, 4.69) is 16.7 Å². The summed E-state index contributed by atoms with van der Waals surface area (Å²) in [6, 6.07) is 8.31. The summed E-state index contributed by atoms with van der Waals surface area (Å²) in [7, 11) is 0. The minimum atomic E-state index is -0.125. The first-order valence-electron chi connectivity index (χ1n) is 6.95. The van der Waals surface area contributed by atoms with Crippen LogP contribution in [0.5, 0.6) is 0 Å². The topological polar surface area (TPSA) is 6.48 Å². The van der Waals surface area contributed by atoms with Gasteiger partial charge in [-0.3, -0.25) is 9.80 Å². The molecule has 2 aliphatic heterocycles. The predicted octanol–water partition coefficient (Wildman–Crippen LogP) is 2.49. The summed E-state index contributed by atoms with van der Waals surface area (Å²) in [6.45, 7) is 6.73. The first-order valence-corrected chi connectivity index (χ1v) is 6.95. The fourth-order valence-electron chi connectivity index (χ4n) is 3.34. The molecule has 2 heterocycles. The molecule has 0 radical (unpaired) electrons. The first kappa shape index (κ1) is 12.1. The van der Waals surface area contributed by atoms with Gasteiger partial charge in [-0.2, -0.15) is 0 Å². The van der Waals surface area contributed by atoms with E-state index in [0.717, 1.165) is 24.7 Å². The van der Waals surface area contributed by atoms with E-state index in [9.17, 15) is 4.39 Å². The summed E-state index contributed by atoms with van der Waals surface area (Å²) in [4.78, 5) is 5.12. The molecule has 0 spiro atoms. The van der Waals surface area contributed by atoms with Crippen LogP contribution in [0, 0.1) is 5.82 Å². The number of hydrogen-bond donors (Lipinski definition) is 0. The van der Waals surface area contributed by atoms with Crippen LogP contribution in [0.2, 0.25) is 0 Å². The molecule has 2 atom stereocenters. The molecule has 0 unspecified atom stereocenters. The zero-order valence-corrected chi connectivity index (χ0v) is 11.0. The summed E-state index contributed by atoms with van der Waals surface area (Å²) in [6.07, 6.45) is 2.66. The Kier molecular flexibility index (Phi) is 3.35. The van der Waals surface area contributed by atoms with Crippen molar-refractivity contribution >= 4 is 0 Å². The second-order valence-electron chi connectivity index (χ2n) is 5.70. The molecule has 2 aliphatic rings. The van der Waals surface area contributed by atoms with E-state index in [1.807, 2.05) is 6.07 Å². The van der Waals surface area contributed by atoms with Crippen LogP contribution in [0.4, 0.5) is 4.39 Å². The summed E-state index contributed by atoms with van der Waals surface area (Å²) < 4.78 is 13.2. The molecule has 0 aromatic heterocycles. The van der Waals surface area contributed by atoms with Crippen LogP contribution in [-0.2, 0) is 6.54 Å². The van der Waals surface area contributed by atoms with Gasteiger partial charge in [0.05, 0.1) is 0 Å². The van der Waals surface area contributed by atoms with Crippen molar-refractivity contribution in [3.63, 3.8) is 0 Å². The van der Waals surface area contributed by atoms with Gasteiger partial charge in [-0.15, -0.1) is 0 Å². The Morgan fingerprint density at radius 2 is 2.22 bits per heavy atom. The molecule has 0 N–H and O–H groups in total. The van der Waals surface area contributed by atoms with Crippen molar-refractivity contribution in [1.29, 1.82) is 0 Å². The fourth-order valence-corrected chi connectivity index (χ4v) is 3.34. The van der Waals surface area contributed by atoms with E-state index < -0.39 is 0 Å². The molecule has 2 nitrogen and oxygen atoms in total. The van der Waals surface area contributed by atoms with Crippen molar-refractivity contribution in [1.82, 2.24) is 9.80 Å². The van der Waals surface area contributed by atoms with Crippen LogP contribution in [0.1, 0.15) is 25.3 Å². The highest BCUT2D eigenvalue weighted by Gasteiger charge is 2.34. The Labute approximate surface area is 108 Å². The number of fused-ring (bicyclic) bond motifs is 1. The van der Waals surface area contributed by atoms with Crippen LogP contribution in [0.3, 0.4) is 0 Å². The summed E-state index contributed by atoms with van der Waals surface area (Å²) >= 11 is 0. The number of rotatable bonds is 2. The molecule has 2 fully saturated rings. The van der Waals surface area contributed by atoms with Gasteiger partial charge in [0.2, 0.25) is 0 Å². The van der Waals surface area contributed by atoms with Gasteiger partial charge in [0, 0.05) is 31.7 Å². The number of halogens is 1. The van der Waals surface area contributed by atoms with Crippen molar-refractivity contribution in [2.45, 2.75) is 38.4 Å². The fraction of sp³-hybridized carbons (Fsp3) is 0.600. The Morgan fingerprint density at radius 1 is 1.33 bits per heavy atom. The maximum absolute atomic E-state index is 13.2. The summed E-state index contributed by atoms with van der Waals surface area (Å²) in [5.74, 6) is -0.125. The van der Waals surface area contributed by atoms with Gasteiger partial charge in [-0.25, -0.2) is 4.39 Å². The molecular weight excluding hydrogens is 227 g/mol. The third-order valence-corrected chi connectivity index (χ3v) is 4.34. The molecule has 18 heavy (non-hydrogen) atoms. The second-order valence-corrected chi connectivity index (χ2v) is 5.70. The molecule has 1 aromatic rings. The first-order chi connectivity index (χ1) is 8.72. The van der Waals surface area contributed by atoms with Crippen LogP contribution in [0.15, 0.2) is 24.3 Å². The monoisotopic (exact) mass is 248 g/mol. The van der Waals surface area contributed by atoms with E-state index in [0.29, 0.717) is 6.04 Å². The van der Waals surface area contributed by atoms with Crippen LogP contribution in [-0.4, -0.2) is 41.5 Å². The second kappa shape index (κ2) is 4.98. The molecule has 1 aromatic carbocycles. The smallest absolute Gasteiger partial charge is 0.123 e. The number of hydrogen-bond acceptors (Lipinski definition) is 2. The third kappa shape index (κ3) is 2.43. The highest BCUT2D eigenvalue weighted by Crippen LogP contribution is 2.25. The van der Waals surface area contributed by atoms with Gasteiger partial charge in [0.15, 0.2) is 0 Å². The molecule has 0 saturated carbocycles.